The monoisotopic (exact) mass is 365 g/mol. The van der Waals surface area contributed by atoms with Crippen LogP contribution in [-0.4, -0.2) is 22.5 Å². The zero-order chi connectivity index (χ0) is 16.7. The molecule has 1 heterocycles. The Morgan fingerprint density at radius 3 is 2.08 bits per heavy atom. The van der Waals surface area contributed by atoms with Crippen molar-refractivity contribution in [2.45, 2.75) is 13.8 Å². The van der Waals surface area contributed by atoms with Gasteiger partial charge in [-0.1, -0.05) is 0 Å². The van der Waals surface area contributed by atoms with Gasteiger partial charge in [0.05, 0.1) is 18.0 Å². The summed E-state index contributed by atoms with van der Waals surface area (Å²) in [4.78, 5) is 20.1. The van der Waals surface area contributed by atoms with Crippen molar-refractivity contribution in [2.75, 3.05) is 12.3 Å². The zero-order valence-corrected chi connectivity index (χ0v) is 14.6. The number of carbonyl (C=O) groups excluding carboxylic acids is 1. The molecule has 0 spiro atoms. The third-order valence-corrected chi connectivity index (χ3v) is 3.08. The minimum atomic E-state index is -0.425. The fourth-order valence-electron chi connectivity index (χ4n) is 2.10. The van der Waals surface area contributed by atoms with Crippen molar-refractivity contribution < 1.29 is 26.6 Å². The molecular weight excluding hydrogens is 346 g/mol. The maximum absolute atomic E-state index is 11.9. The molecule has 124 valence electrons. The minimum absolute atomic E-state index is 0. The maximum Gasteiger partial charge on any atom is 2.00 e. The van der Waals surface area contributed by atoms with Crippen LogP contribution in [0, 0.1) is 70.6 Å². The molecule has 5 nitrogen and oxygen atoms in total. The van der Waals surface area contributed by atoms with Crippen LogP contribution in [0.1, 0.15) is 28.7 Å². The molecule has 1 aromatic heterocycles. The maximum atomic E-state index is 11.9. The van der Waals surface area contributed by atoms with Crippen LogP contribution in [0.4, 0.5) is 5.95 Å². The number of aromatic nitrogens is 2. The zero-order valence-electron chi connectivity index (χ0n) is 13.5. The van der Waals surface area contributed by atoms with E-state index >= 15 is 0 Å². The molecule has 0 atom stereocenters. The van der Waals surface area contributed by atoms with E-state index in [0.29, 0.717) is 23.6 Å². The number of anilines is 1. The standard InChI is InChI=1S/C13H14N3O2.C5H5.Fe/c1-3-18-12(17)10-8(2)15-13(14)16-11(10)9-6-4-5-7-9;1-2-4-5-3-1;/h4-7H,3H2,1-2H3,(H2,14,15,16);1-5H;/q;;+2. The predicted octanol–water partition coefficient (Wildman–Crippen LogP) is 2.32. The van der Waals surface area contributed by atoms with Crippen LogP contribution in [0.15, 0.2) is 0 Å². The van der Waals surface area contributed by atoms with Crippen molar-refractivity contribution in [2.24, 2.45) is 0 Å². The van der Waals surface area contributed by atoms with Gasteiger partial charge >= 0.3 is 23.0 Å². The van der Waals surface area contributed by atoms with Crippen LogP contribution in [0.5, 0.6) is 0 Å². The number of nitrogens with zero attached hydrogens (tertiary/aromatic N) is 2. The number of ether oxygens (including phenoxy) is 1. The number of hydrogen-bond donors (Lipinski definition) is 1. The number of rotatable bonds is 3. The van der Waals surface area contributed by atoms with Gasteiger partial charge in [0.15, 0.2) is 0 Å². The first-order valence-electron chi connectivity index (χ1n) is 7.33. The molecule has 0 amide bonds. The molecule has 2 aliphatic rings. The average Bonchev–Trinajstić information content (AvgIpc) is 3.23. The van der Waals surface area contributed by atoms with Gasteiger partial charge in [-0.25, -0.2) is 14.8 Å². The number of nitrogen functional groups attached to an aromatic ring is 1. The van der Waals surface area contributed by atoms with Crippen LogP contribution in [0.3, 0.4) is 0 Å². The third kappa shape index (κ3) is 5.75. The fraction of sp³-hybridized carbons (Fsp3) is 0.167. The minimum Gasteiger partial charge on any atom is -0.462 e. The first kappa shape index (κ1) is 20.9. The topological polar surface area (TPSA) is 78.1 Å². The van der Waals surface area contributed by atoms with Gasteiger partial charge in [-0.15, -0.1) is 0 Å². The average molecular weight is 365 g/mol. The summed E-state index contributed by atoms with van der Waals surface area (Å²) >= 11 is 0. The fourth-order valence-corrected chi connectivity index (χ4v) is 2.10. The summed E-state index contributed by atoms with van der Waals surface area (Å²) in [5.41, 5.74) is 7.05. The van der Waals surface area contributed by atoms with E-state index < -0.39 is 5.97 Å². The van der Waals surface area contributed by atoms with Crippen molar-refractivity contribution in [3.8, 4) is 0 Å². The molecule has 0 aliphatic heterocycles. The largest absolute Gasteiger partial charge is 2.00 e. The first-order valence-corrected chi connectivity index (χ1v) is 7.33. The van der Waals surface area contributed by atoms with Gasteiger partial charge in [0.25, 0.3) is 0 Å². The molecule has 0 bridgehead atoms. The Morgan fingerprint density at radius 1 is 1.04 bits per heavy atom. The van der Waals surface area contributed by atoms with E-state index in [0.717, 1.165) is 5.92 Å². The van der Waals surface area contributed by atoms with E-state index in [-0.39, 0.29) is 23.0 Å². The summed E-state index contributed by atoms with van der Waals surface area (Å²) in [7, 11) is 0. The number of esters is 1. The molecule has 3 rings (SSSR count). The molecule has 1 aromatic rings. The molecule has 6 heteroatoms. The van der Waals surface area contributed by atoms with Crippen molar-refractivity contribution in [1.29, 1.82) is 0 Å². The molecule has 10 radical (unpaired) electrons. The molecule has 2 aliphatic carbocycles. The number of aryl methyl sites for hydroxylation is 1. The summed E-state index contributed by atoms with van der Waals surface area (Å²) in [6.45, 7) is 3.79. The Morgan fingerprint density at radius 2 is 1.58 bits per heavy atom. The normalized spacial score (nSPS) is 16.9. The van der Waals surface area contributed by atoms with Gasteiger partial charge in [-0.05, 0) is 71.6 Å². The molecule has 24 heavy (non-hydrogen) atoms. The van der Waals surface area contributed by atoms with E-state index in [1.54, 1.807) is 13.8 Å². The number of hydrogen-bond acceptors (Lipinski definition) is 5. The van der Waals surface area contributed by atoms with E-state index in [1.807, 2.05) is 57.8 Å². The second-order valence-electron chi connectivity index (χ2n) is 4.75. The van der Waals surface area contributed by atoms with Crippen molar-refractivity contribution in [3.05, 3.63) is 80.7 Å². The van der Waals surface area contributed by atoms with E-state index in [9.17, 15) is 4.79 Å². The van der Waals surface area contributed by atoms with Crippen LogP contribution >= 0.6 is 0 Å². The first-order chi connectivity index (χ1) is 11.1. The quantitative estimate of drug-likeness (QED) is 0.657. The molecule has 0 saturated heterocycles. The van der Waals surface area contributed by atoms with Crippen LogP contribution in [0.25, 0.3) is 0 Å². The smallest absolute Gasteiger partial charge is 0.462 e. The van der Waals surface area contributed by atoms with Gasteiger partial charge in [0.1, 0.15) is 5.56 Å². The molecule has 2 fully saturated rings. The molecule has 0 unspecified atom stereocenters. The van der Waals surface area contributed by atoms with Gasteiger partial charge in [0.2, 0.25) is 5.95 Å². The van der Waals surface area contributed by atoms with Crippen molar-refractivity contribution >= 4 is 11.9 Å². The molecule has 2 saturated carbocycles. The predicted molar refractivity (Wildman–Crippen MR) is 88.2 cm³/mol. The van der Waals surface area contributed by atoms with Gasteiger partial charge < -0.3 is 10.5 Å². The Hall–Kier alpha value is -1.13. The summed E-state index contributed by atoms with van der Waals surface area (Å²) in [6.07, 6.45) is 17.5. The number of nitrogens with two attached hydrogens (primary N) is 1. The molecule has 0 aromatic carbocycles. The summed E-state index contributed by atoms with van der Waals surface area (Å²) < 4.78 is 5.03. The SMILES string of the molecule is CCOC(=O)c1c(C)nc(N)nc1[C]1[CH][CH][CH][CH]1.[CH]1[CH][CH][CH][CH]1.[Fe+2]. The molecule has 2 N–H and O–H groups in total. The van der Waals surface area contributed by atoms with Gasteiger partial charge in [-0.3, -0.25) is 0 Å². The summed E-state index contributed by atoms with van der Waals surface area (Å²) in [5.74, 6) is 0.554. The van der Waals surface area contributed by atoms with Gasteiger partial charge in [-0.2, -0.15) is 0 Å². The van der Waals surface area contributed by atoms with E-state index in [1.165, 1.54) is 0 Å². The van der Waals surface area contributed by atoms with E-state index in [4.69, 9.17) is 10.5 Å². The Balaban J connectivity index is 0.000000412. The second-order valence-corrected chi connectivity index (χ2v) is 4.75. The molecular formula is C18H19FeN3O2+2. The summed E-state index contributed by atoms with van der Waals surface area (Å²) in [5, 5.41) is 0. The summed E-state index contributed by atoms with van der Waals surface area (Å²) in [6, 6.07) is 0. The Kier molecular flexibility index (Phi) is 9.30. The van der Waals surface area contributed by atoms with Crippen LogP contribution in [-0.2, 0) is 21.8 Å². The second kappa shape index (κ2) is 10.7. The van der Waals surface area contributed by atoms with Crippen LogP contribution in [0.2, 0.25) is 0 Å². The third-order valence-electron chi connectivity index (χ3n) is 3.08. The Bertz CT molecular complexity index is 520. The van der Waals surface area contributed by atoms with E-state index in [2.05, 4.69) is 9.97 Å². The van der Waals surface area contributed by atoms with Crippen molar-refractivity contribution in [1.82, 2.24) is 9.97 Å². The Labute approximate surface area is 155 Å². The van der Waals surface area contributed by atoms with Crippen LogP contribution < -0.4 is 5.73 Å². The van der Waals surface area contributed by atoms with Gasteiger partial charge in [0, 0.05) is 5.92 Å². The number of carbonyl (C=O) groups is 1. The van der Waals surface area contributed by atoms with Crippen molar-refractivity contribution in [3.63, 3.8) is 0 Å².